The zero-order valence-corrected chi connectivity index (χ0v) is 24.8. The minimum Gasteiger partial charge on any atom is -0.367 e. The number of rotatable bonds is 9. The summed E-state index contributed by atoms with van der Waals surface area (Å²) in [5.74, 6) is 0.110. The number of piperidine rings is 1. The number of anilines is 1. The Bertz CT molecular complexity index is 1460. The number of sulfone groups is 1. The van der Waals surface area contributed by atoms with E-state index < -0.39 is 21.1 Å². The first kappa shape index (κ1) is 29.8. The molecule has 0 unspecified atom stereocenters. The highest BCUT2D eigenvalue weighted by atomic mass is 32.2. The van der Waals surface area contributed by atoms with E-state index in [1.165, 1.54) is 23.1 Å². The number of hydrogen-bond acceptors (Lipinski definition) is 10. The van der Waals surface area contributed by atoms with E-state index in [1.807, 2.05) is 34.9 Å². The second-order valence-corrected chi connectivity index (χ2v) is 13.6. The summed E-state index contributed by atoms with van der Waals surface area (Å²) in [5, 5.41) is 6.82. The van der Waals surface area contributed by atoms with Crippen LogP contribution in [-0.2, 0) is 19.5 Å². The molecule has 3 aromatic rings. The second kappa shape index (κ2) is 11.8. The third-order valence-corrected chi connectivity index (χ3v) is 8.02. The first-order valence-corrected chi connectivity index (χ1v) is 15.2. The Labute approximate surface area is 234 Å². The van der Waals surface area contributed by atoms with E-state index in [2.05, 4.69) is 24.9 Å². The molecule has 1 aromatic carbocycles. The minimum absolute atomic E-state index is 0.101. The lowest BCUT2D eigenvalue weighted by atomic mass is 9.96. The summed E-state index contributed by atoms with van der Waals surface area (Å²) < 4.78 is 40.1. The van der Waals surface area contributed by atoms with Gasteiger partial charge in [0.15, 0.2) is 15.5 Å². The number of hydrogen-bond donors (Lipinski definition) is 0. The summed E-state index contributed by atoms with van der Waals surface area (Å²) in [5.41, 5.74) is -0.0275. The van der Waals surface area contributed by atoms with E-state index in [1.54, 1.807) is 11.3 Å². The molecule has 40 heavy (non-hydrogen) atoms. The molecular weight excluding hydrogens is 537 g/mol. The molecule has 1 fully saturated rings. The Morgan fingerprint density at radius 1 is 1.15 bits per heavy atom. The molecule has 2 aromatic heterocycles. The molecular formula is C27H38FN7O4S. The number of benzene rings is 1. The number of nitrogens with zero attached hydrogens (tertiary/aromatic N) is 7. The maximum atomic E-state index is 15.0. The van der Waals surface area contributed by atoms with Gasteiger partial charge in [-0.3, -0.25) is 0 Å². The maximum absolute atomic E-state index is 15.0. The molecule has 0 amide bonds. The molecule has 0 aliphatic carbocycles. The van der Waals surface area contributed by atoms with Gasteiger partial charge in [-0.25, -0.2) is 32.3 Å². The number of fused-ring (bicyclic) bond motifs is 1. The molecule has 0 atom stereocenters. The van der Waals surface area contributed by atoms with Crippen LogP contribution in [0.15, 0.2) is 35.6 Å². The highest BCUT2D eigenvalue weighted by molar-refractivity contribution is 7.90. The van der Waals surface area contributed by atoms with Crippen LogP contribution in [0.1, 0.15) is 33.6 Å². The summed E-state index contributed by atoms with van der Waals surface area (Å²) >= 11 is 0. The van der Waals surface area contributed by atoms with Gasteiger partial charge in [0.25, 0.3) is 0 Å². The van der Waals surface area contributed by atoms with E-state index in [0.717, 1.165) is 38.3 Å². The van der Waals surface area contributed by atoms with Crippen LogP contribution >= 0.6 is 0 Å². The third kappa shape index (κ3) is 6.94. The fourth-order valence-electron chi connectivity index (χ4n) is 4.50. The molecule has 0 N–H and O–H groups in total. The van der Waals surface area contributed by atoms with Gasteiger partial charge in [-0.15, -0.1) is 5.06 Å². The van der Waals surface area contributed by atoms with Crippen LogP contribution in [0.4, 0.5) is 10.2 Å². The van der Waals surface area contributed by atoms with Crippen LogP contribution in [-0.4, -0.2) is 97.2 Å². The summed E-state index contributed by atoms with van der Waals surface area (Å²) in [6.07, 6.45) is 5.82. The Morgan fingerprint density at radius 3 is 2.45 bits per heavy atom. The zero-order valence-electron chi connectivity index (χ0n) is 24.0. The van der Waals surface area contributed by atoms with Gasteiger partial charge in [0, 0.05) is 39.0 Å². The van der Waals surface area contributed by atoms with E-state index >= 15 is 4.39 Å². The number of hydroxylamine groups is 2. The van der Waals surface area contributed by atoms with Crippen molar-refractivity contribution >= 4 is 32.7 Å². The quantitative estimate of drug-likeness (QED) is 0.377. The van der Waals surface area contributed by atoms with Crippen molar-refractivity contribution in [1.82, 2.24) is 29.7 Å². The van der Waals surface area contributed by atoms with E-state index in [9.17, 15) is 13.2 Å². The highest BCUT2D eigenvalue weighted by Gasteiger charge is 2.29. The molecule has 0 spiro atoms. The average Bonchev–Trinajstić information content (AvgIpc) is 3.30. The monoisotopic (exact) mass is 575 g/mol. The van der Waals surface area contributed by atoms with Crippen molar-refractivity contribution in [3.8, 4) is 5.69 Å². The molecule has 218 valence electrons. The van der Waals surface area contributed by atoms with Gasteiger partial charge >= 0.3 is 5.97 Å². The Kier molecular flexibility index (Phi) is 8.76. The van der Waals surface area contributed by atoms with Gasteiger partial charge in [-0.1, -0.05) is 0 Å². The Morgan fingerprint density at radius 2 is 1.85 bits per heavy atom. The molecule has 0 bridgehead atoms. The molecule has 11 nitrogen and oxygen atoms in total. The first-order valence-electron chi connectivity index (χ1n) is 13.3. The molecule has 1 aliphatic heterocycles. The van der Waals surface area contributed by atoms with Crippen molar-refractivity contribution in [2.75, 3.05) is 58.0 Å². The van der Waals surface area contributed by atoms with Gasteiger partial charge in [-0.05, 0) is 71.8 Å². The first-order chi connectivity index (χ1) is 18.7. The van der Waals surface area contributed by atoms with Gasteiger partial charge in [0.1, 0.15) is 23.6 Å². The number of likely N-dealkylation sites (N-methyl/N-ethyl adjacent to an activating group) is 1. The van der Waals surface area contributed by atoms with Crippen LogP contribution in [0, 0.1) is 17.2 Å². The van der Waals surface area contributed by atoms with Crippen molar-refractivity contribution in [2.24, 2.45) is 11.3 Å². The van der Waals surface area contributed by atoms with Crippen LogP contribution in [0.5, 0.6) is 0 Å². The zero-order chi connectivity index (χ0) is 29.2. The molecule has 3 heterocycles. The van der Waals surface area contributed by atoms with E-state index in [4.69, 9.17) is 4.84 Å². The van der Waals surface area contributed by atoms with Gasteiger partial charge in [-0.2, -0.15) is 5.10 Å². The molecule has 0 saturated carbocycles. The van der Waals surface area contributed by atoms with Gasteiger partial charge in [0.2, 0.25) is 0 Å². The van der Waals surface area contributed by atoms with Gasteiger partial charge < -0.3 is 14.6 Å². The van der Waals surface area contributed by atoms with Crippen LogP contribution in [0.25, 0.3) is 16.7 Å². The predicted octanol–water partition coefficient (Wildman–Crippen LogP) is 2.94. The standard InChI is InChI=1S/C27H38FN7O4S/c1-27(2,3)26(36)39-34-11-9-19(10-12-34)17-33(14-13-32(4)5)24-21-16-31-35(25(21)30-18-29-24)23-8-7-20(15-22(23)28)40(6,37)38/h7-8,15-16,18-19H,9-14,17H2,1-6H3. The van der Waals surface area contributed by atoms with Gasteiger partial charge in [0.05, 0.1) is 21.9 Å². The molecule has 1 saturated heterocycles. The largest absolute Gasteiger partial charge is 0.367 e. The topological polar surface area (TPSA) is 114 Å². The lowest BCUT2D eigenvalue weighted by Crippen LogP contribution is -2.42. The number of carbonyl (C=O) groups excluding carboxylic acids is 1. The fourth-order valence-corrected chi connectivity index (χ4v) is 5.14. The highest BCUT2D eigenvalue weighted by Crippen LogP contribution is 2.29. The van der Waals surface area contributed by atoms with Crippen molar-refractivity contribution in [2.45, 2.75) is 38.5 Å². The molecule has 0 radical (unpaired) electrons. The summed E-state index contributed by atoms with van der Waals surface area (Å²) in [4.78, 5) is 31.1. The van der Waals surface area contributed by atoms with E-state index in [0.29, 0.717) is 42.4 Å². The normalized spacial score (nSPS) is 15.6. The molecule has 13 heteroatoms. The maximum Gasteiger partial charge on any atom is 0.330 e. The lowest BCUT2D eigenvalue weighted by Gasteiger charge is -2.35. The third-order valence-electron chi connectivity index (χ3n) is 6.91. The SMILES string of the molecule is CN(C)CCN(CC1CCN(OC(=O)C(C)(C)C)CC1)c1ncnc2c1cnn2-c1ccc(S(C)(=O)=O)cc1F. The summed E-state index contributed by atoms with van der Waals surface area (Å²) in [6, 6.07) is 3.75. The van der Waals surface area contributed by atoms with E-state index in [-0.39, 0.29) is 16.6 Å². The van der Waals surface area contributed by atoms with Crippen molar-refractivity contribution < 1.29 is 22.4 Å². The van der Waals surface area contributed by atoms with Crippen molar-refractivity contribution in [3.63, 3.8) is 0 Å². The number of carbonyl (C=O) groups is 1. The number of halogens is 1. The average molecular weight is 576 g/mol. The summed E-state index contributed by atoms with van der Waals surface area (Å²) in [6.45, 7) is 9.09. The fraction of sp³-hybridized carbons (Fsp3) is 0.556. The Hall–Kier alpha value is -3.16. The Balaban J connectivity index is 1.57. The van der Waals surface area contributed by atoms with Crippen molar-refractivity contribution in [1.29, 1.82) is 0 Å². The van der Waals surface area contributed by atoms with Crippen LogP contribution in [0.3, 0.4) is 0 Å². The van der Waals surface area contributed by atoms with Crippen molar-refractivity contribution in [3.05, 3.63) is 36.5 Å². The van der Waals surface area contributed by atoms with Crippen LogP contribution < -0.4 is 4.90 Å². The number of aromatic nitrogens is 4. The molecule has 4 rings (SSSR count). The smallest absolute Gasteiger partial charge is 0.330 e. The lowest BCUT2D eigenvalue weighted by molar-refractivity contribution is -0.205. The minimum atomic E-state index is -3.55. The predicted molar refractivity (Wildman–Crippen MR) is 150 cm³/mol. The molecule has 1 aliphatic rings. The summed E-state index contributed by atoms with van der Waals surface area (Å²) in [7, 11) is 0.473. The van der Waals surface area contributed by atoms with Crippen LogP contribution in [0.2, 0.25) is 0 Å². The second-order valence-electron chi connectivity index (χ2n) is 11.6.